The Morgan fingerprint density at radius 1 is 1.39 bits per heavy atom. The molecule has 4 nitrogen and oxygen atoms in total. The van der Waals surface area contributed by atoms with Gasteiger partial charge in [0.1, 0.15) is 11.3 Å². The summed E-state index contributed by atoms with van der Waals surface area (Å²) in [4.78, 5) is 11.7. The molecule has 7 heteroatoms. The van der Waals surface area contributed by atoms with Gasteiger partial charge in [0, 0.05) is 4.91 Å². The van der Waals surface area contributed by atoms with Gasteiger partial charge >= 0.3 is 5.92 Å². The van der Waals surface area contributed by atoms with Crippen LogP contribution in [0.5, 0.6) is 0 Å². The quantitative estimate of drug-likeness (QED) is 0.646. The standard InChI is InChI=1S/C11H5BrF2N2O2/c12-6-4-8-10(16(18)5-6)9-7(11(8,13)14)2-1-3-15(9)17/h1-5H. The summed E-state index contributed by atoms with van der Waals surface area (Å²) in [5, 5.41) is 11.9. The maximum atomic E-state index is 14.1. The van der Waals surface area contributed by atoms with Crippen LogP contribution in [0.1, 0.15) is 0 Å². The molecule has 0 N–H and O–H groups in total. The highest BCUT2D eigenvalue weighted by Crippen LogP contribution is 2.52. The van der Waals surface area contributed by atoms with Crippen LogP contribution in [0.25, 0.3) is 0 Å². The number of fused-ring (bicyclic) bond motifs is 2. The predicted molar refractivity (Wildman–Crippen MR) is 63.1 cm³/mol. The number of alkyl halides is 2. The molecule has 3 rings (SSSR count). The number of allylic oxidation sites excluding steroid dienone is 6. The van der Waals surface area contributed by atoms with E-state index in [1.54, 1.807) is 0 Å². The zero-order valence-corrected chi connectivity index (χ0v) is 10.3. The molecule has 0 amide bonds. The zero-order valence-electron chi connectivity index (χ0n) is 8.73. The van der Waals surface area contributed by atoms with Gasteiger partial charge in [-0.05, 0) is 40.4 Å². The molecule has 0 radical (unpaired) electrons. The van der Waals surface area contributed by atoms with Crippen molar-refractivity contribution in [3.05, 3.63) is 67.8 Å². The van der Waals surface area contributed by atoms with Crippen LogP contribution in [0.2, 0.25) is 0 Å². The van der Waals surface area contributed by atoms with E-state index >= 15 is 0 Å². The first-order valence-electron chi connectivity index (χ1n) is 4.97. The zero-order chi connectivity index (χ0) is 13.1. The first-order chi connectivity index (χ1) is 8.43. The topological polar surface area (TPSA) is 46.4 Å². The maximum Gasteiger partial charge on any atom is 0.307 e. The van der Waals surface area contributed by atoms with Gasteiger partial charge in [-0.25, -0.2) is 0 Å². The van der Waals surface area contributed by atoms with Crippen LogP contribution in [-0.4, -0.2) is 15.7 Å². The fourth-order valence-corrected chi connectivity index (χ4v) is 2.54. The molecule has 2 aliphatic heterocycles. The predicted octanol–water partition coefficient (Wildman–Crippen LogP) is 3.06. The Morgan fingerprint density at radius 3 is 2.83 bits per heavy atom. The highest BCUT2D eigenvalue weighted by atomic mass is 79.9. The fourth-order valence-electron chi connectivity index (χ4n) is 2.13. The Hall–Kier alpha value is -1.60. The summed E-state index contributed by atoms with van der Waals surface area (Å²) in [6.07, 6.45) is 5.72. The Bertz CT molecular complexity index is 629. The molecule has 0 bridgehead atoms. The fraction of sp³-hybridized carbons (Fsp3) is 0.0909. The number of nitroso groups, excluding NO2 is 1. The van der Waals surface area contributed by atoms with Crippen molar-refractivity contribution in [1.29, 1.82) is 0 Å². The average Bonchev–Trinajstić information content (AvgIpc) is 2.50. The van der Waals surface area contributed by atoms with Crippen molar-refractivity contribution in [2.24, 2.45) is 0 Å². The number of hydrogen-bond acceptors (Lipinski definition) is 3. The van der Waals surface area contributed by atoms with E-state index in [2.05, 4.69) is 15.9 Å². The Labute approximate surface area is 109 Å². The average molecular weight is 315 g/mol. The van der Waals surface area contributed by atoms with E-state index in [1.807, 2.05) is 0 Å². The molecule has 2 heterocycles. The van der Waals surface area contributed by atoms with Crippen molar-refractivity contribution >= 4 is 15.9 Å². The Balaban J connectivity index is 2.33. The van der Waals surface area contributed by atoms with Gasteiger partial charge in [-0.2, -0.15) is 8.78 Å². The minimum Gasteiger partial charge on any atom is -0.754 e. The van der Waals surface area contributed by atoms with Crippen LogP contribution in [0, 0.1) is 10.1 Å². The first-order valence-corrected chi connectivity index (χ1v) is 5.76. The lowest BCUT2D eigenvalue weighted by molar-refractivity contribution is -0.423. The summed E-state index contributed by atoms with van der Waals surface area (Å²) < 4.78 is 28.8. The second-order valence-corrected chi connectivity index (χ2v) is 4.83. The van der Waals surface area contributed by atoms with Gasteiger partial charge in [-0.3, -0.25) is 0 Å². The van der Waals surface area contributed by atoms with Gasteiger partial charge in [0.2, 0.25) is 6.20 Å². The molecule has 18 heavy (non-hydrogen) atoms. The largest absolute Gasteiger partial charge is 0.754 e. The minimum atomic E-state index is -3.34. The van der Waals surface area contributed by atoms with E-state index in [9.17, 15) is 18.9 Å². The van der Waals surface area contributed by atoms with Crippen molar-refractivity contribution < 1.29 is 13.5 Å². The lowest BCUT2D eigenvalue weighted by Gasteiger charge is -2.30. The molecule has 0 aromatic rings. The van der Waals surface area contributed by atoms with Crippen LogP contribution in [0.15, 0.2) is 57.7 Å². The van der Waals surface area contributed by atoms with E-state index < -0.39 is 17.1 Å². The summed E-state index contributed by atoms with van der Waals surface area (Å²) in [5.41, 5.74) is -1.50. The highest BCUT2D eigenvalue weighted by molar-refractivity contribution is 9.11. The molecular weight excluding hydrogens is 310 g/mol. The normalized spacial score (nSPS) is 24.6. The van der Waals surface area contributed by atoms with E-state index in [-0.39, 0.29) is 25.7 Å². The van der Waals surface area contributed by atoms with E-state index in [4.69, 9.17) is 0 Å². The lowest BCUT2D eigenvalue weighted by Crippen LogP contribution is -2.22. The minimum absolute atomic E-state index is 0.237. The molecule has 0 spiro atoms. The number of hydroxylamine groups is 2. The number of nitrogens with zero attached hydrogens (tertiary/aromatic N) is 2. The van der Waals surface area contributed by atoms with Crippen LogP contribution < -0.4 is 0 Å². The van der Waals surface area contributed by atoms with Gasteiger partial charge in [-0.1, -0.05) is 0 Å². The van der Waals surface area contributed by atoms with Gasteiger partial charge in [-0.15, -0.1) is 0 Å². The van der Waals surface area contributed by atoms with Gasteiger partial charge in [0.15, 0.2) is 0 Å². The van der Waals surface area contributed by atoms with Crippen LogP contribution in [0.4, 0.5) is 8.78 Å². The SMILES string of the molecule is O=[N+]1C=C(Br)C=C2C1=C1C(=CC=CN1[O-])C2(F)F. The molecule has 3 aliphatic rings. The second-order valence-electron chi connectivity index (χ2n) is 3.92. The summed E-state index contributed by atoms with van der Waals surface area (Å²) in [6, 6.07) is 0. The van der Waals surface area contributed by atoms with E-state index in [1.165, 1.54) is 6.08 Å². The molecule has 0 aromatic heterocycles. The van der Waals surface area contributed by atoms with Crippen LogP contribution in [0.3, 0.4) is 0 Å². The summed E-state index contributed by atoms with van der Waals surface area (Å²) in [5.74, 6) is -3.34. The maximum absolute atomic E-state index is 14.1. The van der Waals surface area contributed by atoms with Crippen molar-refractivity contribution in [3.63, 3.8) is 0 Å². The van der Waals surface area contributed by atoms with Crippen molar-refractivity contribution in [2.75, 3.05) is 0 Å². The highest BCUT2D eigenvalue weighted by Gasteiger charge is 2.57. The van der Waals surface area contributed by atoms with Crippen molar-refractivity contribution in [3.8, 4) is 0 Å². The number of hydrogen-bond donors (Lipinski definition) is 0. The van der Waals surface area contributed by atoms with Crippen LogP contribution >= 0.6 is 15.9 Å². The Kier molecular flexibility index (Phi) is 2.21. The first kappa shape index (κ1) is 11.5. The lowest BCUT2D eigenvalue weighted by atomic mass is 10.0. The van der Waals surface area contributed by atoms with E-state index in [0.29, 0.717) is 0 Å². The summed E-state index contributed by atoms with van der Waals surface area (Å²) in [6.45, 7) is 0. The summed E-state index contributed by atoms with van der Waals surface area (Å²) in [7, 11) is 0. The summed E-state index contributed by atoms with van der Waals surface area (Å²) >= 11 is 2.99. The van der Waals surface area contributed by atoms with Gasteiger partial charge < -0.3 is 10.3 Å². The third-order valence-corrected chi connectivity index (χ3v) is 3.29. The molecule has 92 valence electrons. The number of halogens is 3. The second kappa shape index (κ2) is 3.46. The molecule has 0 saturated heterocycles. The van der Waals surface area contributed by atoms with E-state index in [0.717, 1.165) is 24.6 Å². The molecule has 1 aliphatic carbocycles. The van der Waals surface area contributed by atoms with Gasteiger partial charge in [0.05, 0.1) is 14.8 Å². The smallest absolute Gasteiger partial charge is 0.307 e. The molecule has 0 aromatic carbocycles. The van der Waals surface area contributed by atoms with Crippen molar-refractivity contribution in [1.82, 2.24) is 5.06 Å². The Morgan fingerprint density at radius 2 is 2.11 bits per heavy atom. The third-order valence-electron chi connectivity index (χ3n) is 2.86. The molecule has 0 fully saturated rings. The van der Waals surface area contributed by atoms with Crippen LogP contribution in [-0.2, 0) is 0 Å². The third kappa shape index (κ3) is 1.31. The number of rotatable bonds is 0. The van der Waals surface area contributed by atoms with Gasteiger partial charge in [0.25, 0.3) is 5.70 Å². The molecule has 0 atom stereocenters. The monoisotopic (exact) mass is 314 g/mol. The molecule has 0 unspecified atom stereocenters. The molecule has 0 saturated carbocycles. The molecular formula is C11H5BrF2N2O2. The van der Waals surface area contributed by atoms with Crippen molar-refractivity contribution in [2.45, 2.75) is 5.92 Å².